The summed E-state index contributed by atoms with van der Waals surface area (Å²) < 4.78 is 38.4. The van der Waals surface area contributed by atoms with Gasteiger partial charge in [-0.1, -0.05) is 12.1 Å². The van der Waals surface area contributed by atoms with Crippen molar-refractivity contribution in [2.45, 2.75) is 18.2 Å². The Bertz CT molecular complexity index is 697. The van der Waals surface area contributed by atoms with Gasteiger partial charge in [0.05, 0.1) is 23.8 Å². The topological polar surface area (TPSA) is 69.2 Å². The molecule has 0 radical (unpaired) electrons. The van der Waals surface area contributed by atoms with Crippen molar-refractivity contribution in [3.8, 4) is 0 Å². The minimum Gasteiger partial charge on any atom is -0.379 e. The summed E-state index contributed by atoms with van der Waals surface area (Å²) in [5, 5.41) is 16.8. The lowest BCUT2D eigenvalue weighted by Gasteiger charge is -2.26. The van der Waals surface area contributed by atoms with Crippen LogP contribution in [0.25, 0.3) is 10.9 Å². The summed E-state index contributed by atoms with van der Waals surface area (Å²) in [5.74, 6) is -0.551. The molecular formula is C13H12F3N3O2. The summed E-state index contributed by atoms with van der Waals surface area (Å²) in [5.41, 5.74) is -2.11. The molecule has 1 amide bonds. The van der Waals surface area contributed by atoms with E-state index in [2.05, 4.69) is 10.2 Å². The molecule has 1 aromatic carbocycles. The molecule has 21 heavy (non-hydrogen) atoms. The van der Waals surface area contributed by atoms with Gasteiger partial charge >= 0.3 is 6.18 Å². The van der Waals surface area contributed by atoms with Crippen LogP contribution in [0.5, 0.6) is 0 Å². The number of β-amino-alcohol motifs (C(OH)–C–C–N with tert-alkyl or cyclic N) is 1. The molecule has 1 aliphatic heterocycles. The van der Waals surface area contributed by atoms with Crippen LogP contribution < -0.4 is 0 Å². The second-order valence-electron chi connectivity index (χ2n) is 5.15. The van der Waals surface area contributed by atoms with Gasteiger partial charge in [-0.05, 0) is 6.07 Å². The Kier molecular flexibility index (Phi) is 2.94. The van der Waals surface area contributed by atoms with Gasteiger partial charge in [0.15, 0.2) is 5.60 Å². The fourth-order valence-electron chi connectivity index (χ4n) is 2.52. The van der Waals surface area contributed by atoms with Crippen LogP contribution in [0.4, 0.5) is 13.2 Å². The first kappa shape index (κ1) is 13.9. The zero-order chi connectivity index (χ0) is 15.3. The predicted molar refractivity (Wildman–Crippen MR) is 67.6 cm³/mol. The number of nitrogens with one attached hydrogen (secondary N) is 1. The van der Waals surface area contributed by atoms with Crippen LogP contribution in [0.15, 0.2) is 24.4 Å². The summed E-state index contributed by atoms with van der Waals surface area (Å²) in [4.78, 5) is 13.4. The van der Waals surface area contributed by atoms with Crippen LogP contribution in [-0.2, 0) is 0 Å². The Morgan fingerprint density at radius 1 is 1.43 bits per heavy atom. The number of nitrogens with zero attached hydrogens (tertiary/aromatic N) is 2. The molecule has 1 unspecified atom stereocenters. The number of hydrogen-bond donors (Lipinski definition) is 2. The van der Waals surface area contributed by atoms with E-state index in [-0.39, 0.29) is 12.1 Å². The highest BCUT2D eigenvalue weighted by Crippen LogP contribution is 2.38. The van der Waals surface area contributed by atoms with Crippen LogP contribution in [0.3, 0.4) is 0 Å². The lowest BCUT2D eigenvalue weighted by molar-refractivity contribution is -0.253. The summed E-state index contributed by atoms with van der Waals surface area (Å²) in [7, 11) is 0. The minimum absolute atomic E-state index is 0.140. The Hall–Kier alpha value is -2.09. The second-order valence-corrected chi connectivity index (χ2v) is 5.15. The van der Waals surface area contributed by atoms with E-state index < -0.39 is 30.7 Å². The molecule has 1 saturated heterocycles. The lowest BCUT2D eigenvalue weighted by Crippen LogP contribution is -2.48. The van der Waals surface area contributed by atoms with Crippen LogP contribution in [-0.4, -0.2) is 51.0 Å². The summed E-state index contributed by atoms with van der Waals surface area (Å²) in [6.07, 6.45) is -3.73. The van der Waals surface area contributed by atoms with Gasteiger partial charge < -0.3 is 10.0 Å². The number of para-hydroxylation sites is 1. The van der Waals surface area contributed by atoms with Gasteiger partial charge in [0.25, 0.3) is 5.91 Å². The average molecular weight is 299 g/mol. The number of rotatable bonds is 1. The zero-order valence-corrected chi connectivity index (χ0v) is 10.8. The fourth-order valence-corrected chi connectivity index (χ4v) is 2.52. The Morgan fingerprint density at radius 3 is 2.86 bits per heavy atom. The van der Waals surface area contributed by atoms with Gasteiger partial charge in [0.1, 0.15) is 0 Å². The van der Waals surface area contributed by atoms with Crippen LogP contribution in [0, 0.1) is 0 Å². The van der Waals surface area contributed by atoms with E-state index in [1.165, 1.54) is 12.3 Å². The number of aromatic amines is 1. The number of amides is 1. The molecule has 1 aliphatic rings. The molecule has 5 nitrogen and oxygen atoms in total. The summed E-state index contributed by atoms with van der Waals surface area (Å²) in [6, 6.07) is 4.90. The van der Waals surface area contributed by atoms with Crippen molar-refractivity contribution in [3.05, 3.63) is 30.0 Å². The first-order valence-corrected chi connectivity index (χ1v) is 6.32. The molecule has 1 atom stereocenters. The number of halogens is 3. The van der Waals surface area contributed by atoms with E-state index in [1.54, 1.807) is 12.1 Å². The Labute approximate surface area is 117 Å². The van der Waals surface area contributed by atoms with Crippen molar-refractivity contribution in [2.75, 3.05) is 13.1 Å². The molecule has 0 spiro atoms. The fraction of sp³-hybridized carbons (Fsp3) is 0.385. The normalized spacial score (nSPS) is 23.0. The molecule has 8 heteroatoms. The van der Waals surface area contributed by atoms with Gasteiger partial charge in [0, 0.05) is 18.4 Å². The first-order chi connectivity index (χ1) is 9.82. The molecule has 1 aromatic heterocycles. The zero-order valence-electron chi connectivity index (χ0n) is 10.8. The van der Waals surface area contributed by atoms with E-state index in [1.807, 2.05) is 0 Å². The van der Waals surface area contributed by atoms with E-state index in [9.17, 15) is 23.1 Å². The van der Waals surface area contributed by atoms with E-state index in [4.69, 9.17) is 0 Å². The molecule has 2 heterocycles. The third-order valence-electron chi connectivity index (χ3n) is 3.77. The van der Waals surface area contributed by atoms with Crippen LogP contribution in [0.1, 0.15) is 16.8 Å². The molecule has 2 N–H and O–H groups in total. The average Bonchev–Trinajstić information content (AvgIpc) is 3.03. The number of fused-ring (bicyclic) bond motifs is 1. The van der Waals surface area contributed by atoms with Gasteiger partial charge in [-0.15, -0.1) is 0 Å². The highest BCUT2D eigenvalue weighted by molar-refractivity contribution is 6.05. The molecule has 3 rings (SSSR count). The number of carbonyl (C=O) groups excluding carboxylic acids is 1. The molecule has 0 aliphatic carbocycles. The molecule has 0 saturated carbocycles. The standard InChI is InChI=1S/C13H12F3N3O2/c14-13(15,16)12(21)4-5-19(7-12)11(20)9-3-1-2-8-6-17-18-10(8)9/h1-3,6,21H,4-5,7H2,(H,17,18). The molecule has 112 valence electrons. The van der Waals surface area contributed by atoms with Crippen molar-refractivity contribution in [1.82, 2.24) is 15.1 Å². The first-order valence-electron chi connectivity index (χ1n) is 6.32. The molecule has 1 fully saturated rings. The number of aromatic nitrogens is 2. The Morgan fingerprint density at radius 2 is 2.19 bits per heavy atom. The Balaban J connectivity index is 1.89. The second kappa shape index (κ2) is 4.45. The van der Waals surface area contributed by atoms with Gasteiger partial charge in [-0.2, -0.15) is 18.3 Å². The third-order valence-corrected chi connectivity index (χ3v) is 3.77. The predicted octanol–water partition coefficient (Wildman–Crippen LogP) is 1.70. The van der Waals surface area contributed by atoms with Crippen molar-refractivity contribution < 1.29 is 23.1 Å². The number of H-pyrrole nitrogens is 1. The number of benzene rings is 1. The van der Waals surface area contributed by atoms with Crippen molar-refractivity contribution in [2.24, 2.45) is 0 Å². The summed E-state index contributed by atoms with van der Waals surface area (Å²) >= 11 is 0. The molecule has 2 aromatic rings. The maximum atomic E-state index is 12.8. The van der Waals surface area contributed by atoms with E-state index in [0.29, 0.717) is 10.9 Å². The van der Waals surface area contributed by atoms with Crippen LogP contribution in [0.2, 0.25) is 0 Å². The monoisotopic (exact) mass is 299 g/mol. The number of hydrogen-bond acceptors (Lipinski definition) is 3. The van der Waals surface area contributed by atoms with E-state index >= 15 is 0 Å². The van der Waals surface area contributed by atoms with E-state index in [0.717, 1.165) is 4.90 Å². The largest absolute Gasteiger partial charge is 0.419 e. The SMILES string of the molecule is O=C(c1cccc2cn[nH]c12)N1CCC(O)(C(F)(F)F)C1. The van der Waals surface area contributed by atoms with Gasteiger partial charge in [-0.25, -0.2) is 0 Å². The third kappa shape index (κ3) is 2.15. The minimum atomic E-state index is -4.75. The summed E-state index contributed by atoms with van der Waals surface area (Å²) in [6.45, 7) is -0.890. The maximum Gasteiger partial charge on any atom is 0.419 e. The smallest absolute Gasteiger partial charge is 0.379 e. The maximum absolute atomic E-state index is 12.8. The molecule has 0 bridgehead atoms. The number of likely N-dealkylation sites (tertiary alicyclic amines) is 1. The molecular weight excluding hydrogens is 287 g/mol. The number of alkyl halides is 3. The number of carbonyl (C=O) groups is 1. The number of aliphatic hydroxyl groups is 1. The quantitative estimate of drug-likeness (QED) is 0.842. The van der Waals surface area contributed by atoms with Crippen molar-refractivity contribution in [3.63, 3.8) is 0 Å². The van der Waals surface area contributed by atoms with Crippen molar-refractivity contribution in [1.29, 1.82) is 0 Å². The van der Waals surface area contributed by atoms with Gasteiger partial charge in [0.2, 0.25) is 0 Å². The highest BCUT2D eigenvalue weighted by Gasteiger charge is 2.57. The highest BCUT2D eigenvalue weighted by atomic mass is 19.4. The lowest BCUT2D eigenvalue weighted by atomic mass is 10.0. The van der Waals surface area contributed by atoms with Crippen LogP contribution >= 0.6 is 0 Å². The van der Waals surface area contributed by atoms with Crippen molar-refractivity contribution >= 4 is 16.8 Å². The van der Waals surface area contributed by atoms with Gasteiger partial charge in [-0.3, -0.25) is 9.89 Å².